The minimum atomic E-state index is -0.988. The van der Waals surface area contributed by atoms with E-state index in [1.54, 1.807) is 6.07 Å². The summed E-state index contributed by atoms with van der Waals surface area (Å²) in [5.41, 5.74) is 4.38. The second-order valence-electron chi connectivity index (χ2n) is 6.77. The highest BCUT2D eigenvalue weighted by atomic mass is 16.5. The van der Waals surface area contributed by atoms with Crippen molar-refractivity contribution in [3.63, 3.8) is 0 Å². The lowest BCUT2D eigenvalue weighted by Crippen LogP contribution is -2.30. The Morgan fingerprint density at radius 3 is 2.17 bits per heavy atom. The normalized spacial score (nSPS) is 11.1. The van der Waals surface area contributed by atoms with Gasteiger partial charge >= 0.3 is 5.97 Å². The fourth-order valence-electron chi connectivity index (χ4n) is 2.85. The van der Waals surface area contributed by atoms with E-state index in [2.05, 4.69) is 10.6 Å². The average molecular weight is 393 g/mol. The zero-order valence-corrected chi connectivity index (χ0v) is 16.8. The van der Waals surface area contributed by atoms with Gasteiger partial charge in [0.05, 0.1) is 11.6 Å². The number of carbonyl (C=O) groups is 3. The number of nitriles is 1. The van der Waals surface area contributed by atoms with Gasteiger partial charge in [-0.1, -0.05) is 17.7 Å². The van der Waals surface area contributed by atoms with E-state index in [-0.39, 0.29) is 12.0 Å². The van der Waals surface area contributed by atoms with E-state index >= 15 is 0 Å². The maximum absolute atomic E-state index is 12.4. The van der Waals surface area contributed by atoms with Crippen molar-refractivity contribution in [2.75, 3.05) is 10.6 Å². The van der Waals surface area contributed by atoms with Crippen molar-refractivity contribution >= 4 is 29.2 Å². The molecule has 2 amide bonds. The van der Waals surface area contributed by atoms with Gasteiger partial charge in [-0.05, 0) is 63.1 Å². The standard InChI is InChI=1S/C22H23N3O4/c1-13-11-14(2)20(15(3)12-13)25-21(27)16(4)29-22(28)17-5-7-18(8-6-17)24-19(26)9-10-23/h5-8,11-12,16H,9H2,1-4H3,(H,24,26)(H,25,27). The SMILES string of the molecule is Cc1cc(C)c(NC(=O)C(C)OC(=O)c2ccc(NC(=O)CC#N)cc2)c(C)c1. The lowest BCUT2D eigenvalue weighted by Gasteiger charge is -2.17. The van der Waals surface area contributed by atoms with E-state index in [0.717, 1.165) is 16.7 Å². The molecule has 2 aromatic carbocycles. The molecule has 1 unspecified atom stereocenters. The van der Waals surface area contributed by atoms with Gasteiger partial charge in [-0.2, -0.15) is 5.26 Å². The minimum absolute atomic E-state index is 0.241. The molecular weight excluding hydrogens is 370 g/mol. The second-order valence-corrected chi connectivity index (χ2v) is 6.77. The zero-order chi connectivity index (χ0) is 21.6. The summed E-state index contributed by atoms with van der Waals surface area (Å²) in [6, 6.07) is 11.7. The number of esters is 1. The third-order valence-electron chi connectivity index (χ3n) is 4.22. The maximum Gasteiger partial charge on any atom is 0.338 e. The number of ether oxygens (including phenoxy) is 1. The lowest BCUT2D eigenvalue weighted by molar-refractivity contribution is -0.123. The van der Waals surface area contributed by atoms with E-state index in [1.165, 1.54) is 31.2 Å². The minimum Gasteiger partial charge on any atom is -0.449 e. The molecule has 7 nitrogen and oxygen atoms in total. The first-order valence-electron chi connectivity index (χ1n) is 9.08. The van der Waals surface area contributed by atoms with Crippen LogP contribution in [0.15, 0.2) is 36.4 Å². The summed E-state index contributed by atoms with van der Waals surface area (Å²) in [5, 5.41) is 13.8. The van der Waals surface area contributed by atoms with Crippen LogP contribution in [0.2, 0.25) is 0 Å². The number of nitrogens with zero attached hydrogens (tertiary/aromatic N) is 1. The number of anilines is 2. The Morgan fingerprint density at radius 2 is 1.62 bits per heavy atom. The predicted molar refractivity (Wildman–Crippen MR) is 109 cm³/mol. The summed E-state index contributed by atoms with van der Waals surface area (Å²) in [7, 11) is 0. The molecule has 0 saturated heterocycles. The van der Waals surface area contributed by atoms with Gasteiger partial charge in [0.1, 0.15) is 6.42 Å². The van der Waals surface area contributed by atoms with Crippen LogP contribution in [-0.4, -0.2) is 23.9 Å². The first kappa shape index (κ1) is 21.6. The molecule has 0 aromatic heterocycles. The monoisotopic (exact) mass is 393 g/mol. The molecule has 0 spiro atoms. The van der Waals surface area contributed by atoms with E-state index < -0.39 is 23.9 Å². The van der Waals surface area contributed by atoms with Crippen LogP contribution >= 0.6 is 0 Å². The molecule has 7 heteroatoms. The van der Waals surface area contributed by atoms with Gasteiger partial charge in [-0.15, -0.1) is 0 Å². The van der Waals surface area contributed by atoms with Gasteiger partial charge in [0.25, 0.3) is 5.91 Å². The predicted octanol–water partition coefficient (Wildman–Crippen LogP) is 3.65. The summed E-state index contributed by atoms with van der Waals surface area (Å²) < 4.78 is 5.25. The summed E-state index contributed by atoms with van der Waals surface area (Å²) >= 11 is 0. The van der Waals surface area contributed by atoms with Gasteiger partial charge in [-0.3, -0.25) is 9.59 Å². The van der Waals surface area contributed by atoms with Gasteiger partial charge in [0.2, 0.25) is 5.91 Å². The molecule has 2 N–H and O–H groups in total. The Morgan fingerprint density at radius 1 is 1.03 bits per heavy atom. The van der Waals surface area contributed by atoms with Crippen molar-refractivity contribution in [3.8, 4) is 6.07 Å². The van der Waals surface area contributed by atoms with Gasteiger partial charge in [0.15, 0.2) is 6.10 Å². The van der Waals surface area contributed by atoms with Crippen molar-refractivity contribution in [1.29, 1.82) is 5.26 Å². The van der Waals surface area contributed by atoms with Crippen molar-refractivity contribution in [1.82, 2.24) is 0 Å². The second kappa shape index (κ2) is 9.51. The van der Waals surface area contributed by atoms with Crippen molar-refractivity contribution in [2.24, 2.45) is 0 Å². The Labute approximate surface area is 169 Å². The smallest absolute Gasteiger partial charge is 0.338 e. The number of nitrogens with one attached hydrogen (secondary N) is 2. The molecule has 150 valence electrons. The molecule has 0 bridgehead atoms. The highest BCUT2D eigenvalue weighted by Gasteiger charge is 2.20. The third-order valence-corrected chi connectivity index (χ3v) is 4.22. The topological polar surface area (TPSA) is 108 Å². The first-order chi connectivity index (χ1) is 13.7. The Hall–Kier alpha value is -3.66. The lowest BCUT2D eigenvalue weighted by atomic mass is 10.0. The molecular formula is C22H23N3O4. The van der Waals surface area contributed by atoms with Crippen LogP contribution in [0.5, 0.6) is 0 Å². The fraction of sp³-hybridized carbons (Fsp3) is 0.273. The third kappa shape index (κ3) is 5.91. The molecule has 29 heavy (non-hydrogen) atoms. The summed E-state index contributed by atoms with van der Waals surface area (Å²) in [4.78, 5) is 36.1. The molecule has 0 aliphatic heterocycles. The summed E-state index contributed by atoms with van der Waals surface area (Å²) in [6.07, 6.45) is -1.24. The maximum atomic E-state index is 12.4. The highest BCUT2D eigenvalue weighted by Crippen LogP contribution is 2.22. The number of hydrogen-bond donors (Lipinski definition) is 2. The van der Waals surface area contributed by atoms with E-state index in [4.69, 9.17) is 10.00 Å². The fourth-order valence-corrected chi connectivity index (χ4v) is 2.85. The number of amides is 2. The van der Waals surface area contributed by atoms with Crippen LogP contribution < -0.4 is 10.6 Å². The first-order valence-corrected chi connectivity index (χ1v) is 9.08. The molecule has 0 saturated carbocycles. The molecule has 0 heterocycles. The molecule has 0 radical (unpaired) electrons. The zero-order valence-electron chi connectivity index (χ0n) is 16.8. The van der Waals surface area contributed by atoms with Crippen LogP contribution in [0.3, 0.4) is 0 Å². The Kier molecular flexibility index (Phi) is 7.10. The van der Waals surface area contributed by atoms with E-state index in [1.807, 2.05) is 32.9 Å². The molecule has 1 atom stereocenters. The van der Waals surface area contributed by atoms with Gasteiger partial charge < -0.3 is 15.4 Å². The highest BCUT2D eigenvalue weighted by molar-refractivity contribution is 5.98. The molecule has 0 aliphatic rings. The van der Waals surface area contributed by atoms with Crippen molar-refractivity contribution in [3.05, 3.63) is 58.7 Å². The molecule has 0 fully saturated rings. The van der Waals surface area contributed by atoms with Crippen molar-refractivity contribution < 1.29 is 19.1 Å². The van der Waals surface area contributed by atoms with E-state index in [9.17, 15) is 14.4 Å². The number of benzene rings is 2. The molecule has 0 aliphatic carbocycles. The van der Waals surface area contributed by atoms with Crippen molar-refractivity contribution in [2.45, 2.75) is 40.2 Å². The quantitative estimate of drug-likeness (QED) is 0.728. The Balaban J connectivity index is 1.99. The van der Waals surface area contributed by atoms with Gasteiger partial charge in [-0.25, -0.2) is 4.79 Å². The number of rotatable bonds is 6. The van der Waals surface area contributed by atoms with E-state index in [0.29, 0.717) is 11.4 Å². The summed E-state index contributed by atoms with van der Waals surface area (Å²) in [6.45, 7) is 7.30. The summed E-state index contributed by atoms with van der Waals surface area (Å²) in [5.74, 6) is -1.51. The van der Waals surface area contributed by atoms with Crippen LogP contribution in [0.25, 0.3) is 0 Å². The number of aryl methyl sites for hydroxylation is 3. The van der Waals surface area contributed by atoms with Crippen LogP contribution in [-0.2, 0) is 14.3 Å². The number of carbonyl (C=O) groups excluding carboxylic acids is 3. The number of hydrogen-bond acceptors (Lipinski definition) is 5. The average Bonchev–Trinajstić information content (AvgIpc) is 2.65. The van der Waals surface area contributed by atoms with Crippen LogP contribution in [0.4, 0.5) is 11.4 Å². The van der Waals surface area contributed by atoms with Gasteiger partial charge in [0, 0.05) is 11.4 Å². The largest absolute Gasteiger partial charge is 0.449 e. The molecule has 2 rings (SSSR count). The molecule has 2 aromatic rings. The van der Waals surface area contributed by atoms with Crippen LogP contribution in [0.1, 0.15) is 40.4 Å². The Bertz CT molecular complexity index is 952. The van der Waals surface area contributed by atoms with Crippen LogP contribution in [0, 0.1) is 32.1 Å².